The molecule has 0 bridgehead atoms. The summed E-state index contributed by atoms with van der Waals surface area (Å²) in [6, 6.07) is 4.74. The number of nitro benzene ring substituents is 1. The highest BCUT2D eigenvalue weighted by atomic mass is 35.5. The van der Waals surface area contributed by atoms with Crippen LogP contribution in [-0.4, -0.2) is 19.7 Å². The standard InChI is InChI=1S/C12H14ClN5O2S/c1-7(2)17-11(14)15-16-12(17)21-6-8-3-4-9(13)5-10(8)18(19)20/h3-5,7H,6H2,1-2H3,(H2,14,15). The third kappa shape index (κ3) is 3.45. The molecule has 0 aliphatic rings. The minimum atomic E-state index is -0.441. The summed E-state index contributed by atoms with van der Waals surface area (Å²) in [5.74, 6) is 0.719. The zero-order valence-corrected chi connectivity index (χ0v) is 13.1. The van der Waals surface area contributed by atoms with Crippen LogP contribution < -0.4 is 5.73 Å². The normalized spacial score (nSPS) is 11.0. The molecule has 0 spiro atoms. The molecule has 2 N–H and O–H groups in total. The van der Waals surface area contributed by atoms with Gasteiger partial charge in [0.15, 0.2) is 5.16 Å². The Balaban J connectivity index is 2.23. The van der Waals surface area contributed by atoms with Crippen LogP contribution in [0.25, 0.3) is 0 Å². The van der Waals surface area contributed by atoms with Gasteiger partial charge in [-0.25, -0.2) is 0 Å². The molecule has 2 aromatic rings. The minimum Gasteiger partial charge on any atom is -0.368 e. The van der Waals surface area contributed by atoms with Crippen molar-refractivity contribution in [3.8, 4) is 0 Å². The molecular weight excluding hydrogens is 314 g/mol. The van der Waals surface area contributed by atoms with Crippen LogP contribution in [0.5, 0.6) is 0 Å². The number of aromatic nitrogens is 3. The first kappa shape index (κ1) is 15.6. The first-order valence-electron chi connectivity index (χ1n) is 6.16. The Morgan fingerprint density at radius 1 is 1.48 bits per heavy atom. The second-order valence-corrected chi connectivity index (χ2v) is 6.00. The number of nitrogens with two attached hydrogens (primary N) is 1. The van der Waals surface area contributed by atoms with Gasteiger partial charge in [-0.15, -0.1) is 10.2 Å². The zero-order chi connectivity index (χ0) is 15.6. The van der Waals surface area contributed by atoms with Crippen LogP contribution in [0.3, 0.4) is 0 Å². The number of benzene rings is 1. The van der Waals surface area contributed by atoms with Crippen molar-refractivity contribution in [2.75, 3.05) is 5.73 Å². The van der Waals surface area contributed by atoms with Crippen LogP contribution in [0, 0.1) is 10.1 Å². The number of nitrogens with zero attached hydrogens (tertiary/aromatic N) is 4. The molecule has 2 rings (SSSR count). The van der Waals surface area contributed by atoms with Crippen molar-refractivity contribution in [3.05, 3.63) is 38.9 Å². The van der Waals surface area contributed by atoms with Gasteiger partial charge in [-0.1, -0.05) is 23.4 Å². The summed E-state index contributed by atoms with van der Waals surface area (Å²) in [6.07, 6.45) is 0. The van der Waals surface area contributed by atoms with Crippen LogP contribution in [0.2, 0.25) is 5.02 Å². The van der Waals surface area contributed by atoms with Gasteiger partial charge in [0, 0.05) is 28.4 Å². The highest BCUT2D eigenvalue weighted by molar-refractivity contribution is 7.98. The maximum Gasteiger partial charge on any atom is 0.274 e. The Bertz CT molecular complexity index is 674. The van der Waals surface area contributed by atoms with Gasteiger partial charge in [0.2, 0.25) is 5.95 Å². The van der Waals surface area contributed by atoms with Crippen LogP contribution in [0.4, 0.5) is 11.6 Å². The van der Waals surface area contributed by atoms with Crippen molar-refractivity contribution in [3.63, 3.8) is 0 Å². The lowest BCUT2D eigenvalue weighted by Gasteiger charge is -2.11. The number of nitro groups is 1. The molecule has 0 saturated carbocycles. The largest absolute Gasteiger partial charge is 0.368 e. The van der Waals surface area contributed by atoms with Crippen LogP contribution in [0.1, 0.15) is 25.5 Å². The van der Waals surface area contributed by atoms with E-state index < -0.39 is 4.92 Å². The van der Waals surface area contributed by atoms with E-state index in [0.717, 1.165) is 0 Å². The molecule has 9 heteroatoms. The first-order chi connectivity index (χ1) is 9.90. The fraction of sp³-hybridized carbons (Fsp3) is 0.333. The molecule has 0 amide bonds. The van der Waals surface area contributed by atoms with E-state index in [-0.39, 0.29) is 11.7 Å². The molecule has 7 nitrogen and oxygen atoms in total. The Morgan fingerprint density at radius 2 is 2.19 bits per heavy atom. The van der Waals surface area contributed by atoms with Gasteiger partial charge in [0.25, 0.3) is 5.69 Å². The second kappa shape index (κ2) is 6.31. The Hall–Kier alpha value is -1.80. The molecule has 1 aromatic carbocycles. The number of thioether (sulfide) groups is 1. The summed E-state index contributed by atoms with van der Waals surface area (Å²) < 4.78 is 1.78. The Morgan fingerprint density at radius 3 is 2.81 bits per heavy atom. The van der Waals surface area contributed by atoms with E-state index in [2.05, 4.69) is 10.2 Å². The summed E-state index contributed by atoms with van der Waals surface area (Å²) in [4.78, 5) is 10.6. The number of hydrogen-bond acceptors (Lipinski definition) is 6. The minimum absolute atomic E-state index is 0.00131. The number of halogens is 1. The lowest BCUT2D eigenvalue weighted by molar-refractivity contribution is -0.385. The number of anilines is 1. The molecule has 0 unspecified atom stereocenters. The highest BCUT2D eigenvalue weighted by Gasteiger charge is 2.17. The predicted octanol–water partition coefficient (Wildman–Crippen LogP) is 3.30. The maximum absolute atomic E-state index is 11.0. The van der Waals surface area contributed by atoms with Crippen molar-refractivity contribution < 1.29 is 4.92 Å². The molecule has 0 radical (unpaired) electrons. The zero-order valence-electron chi connectivity index (χ0n) is 11.5. The SMILES string of the molecule is CC(C)n1c(N)nnc1SCc1ccc(Cl)cc1[N+](=O)[O-]. The van der Waals surface area contributed by atoms with Crippen molar-refractivity contribution in [1.29, 1.82) is 0 Å². The lowest BCUT2D eigenvalue weighted by Crippen LogP contribution is -2.07. The third-order valence-electron chi connectivity index (χ3n) is 2.81. The number of nitrogen functional groups attached to an aromatic ring is 1. The van der Waals surface area contributed by atoms with Crippen LogP contribution in [-0.2, 0) is 5.75 Å². The summed E-state index contributed by atoms with van der Waals surface area (Å²) in [7, 11) is 0. The monoisotopic (exact) mass is 327 g/mol. The van der Waals surface area contributed by atoms with Crippen molar-refractivity contribution >= 4 is 35.0 Å². The molecular formula is C12H14ClN5O2S. The van der Waals surface area contributed by atoms with Gasteiger partial charge >= 0.3 is 0 Å². The smallest absolute Gasteiger partial charge is 0.274 e. The number of hydrogen-bond donors (Lipinski definition) is 1. The van der Waals surface area contributed by atoms with E-state index in [1.165, 1.54) is 17.8 Å². The molecule has 0 atom stereocenters. The van der Waals surface area contributed by atoms with E-state index in [0.29, 0.717) is 27.4 Å². The van der Waals surface area contributed by atoms with E-state index in [1.54, 1.807) is 16.7 Å². The highest BCUT2D eigenvalue weighted by Crippen LogP contribution is 2.30. The summed E-state index contributed by atoms with van der Waals surface area (Å²) in [6.45, 7) is 3.93. The van der Waals surface area contributed by atoms with Gasteiger partial charge in [0.05, 0.1) is 4.92 Å². The summed E-state index contributed by atoms with van der Waals surface area (Å²) in [5, 5.41) is 19.9. The summed E-state index contributed by atoms with van der Waals surface area (Å²) >= 11 is 7.14. The Labute approximate surface area is 130 Å². The third-order valence-corrected chi connectivity index (χ3v) is 4.04. The second-order valence-electron chi connectivity index (χ2n) is 4.62. The topological polar surface area (TPSA) is 99.9 Å². The van der Waals surface area contributed by atoms with Crippen LogP contribution in [0.15, 0.2) is 23.4 Å². The molecule has 0 fully saturated rings. The van der Waals surface area contributed by atoms with Crippen molar-refractivity contribution in [1.82, 2.24) is 14.8 Å². The first-order valence-corrected chi connectivity index (χ1v) is 7.52. The average Bonchev–Trinajstić information content (AvgIpc) is 2.78. The molecule has 1 aromatic heterocycles. The average molecular weight is 328 g/mol. The van der Waals surface area contributed by atoms with E-state index in [4.69, 9.17) is 17.3 Å². The van der Waals surface area contributed by atoms with Crippen LogP contribution >= 0.6 is 23.4 Å². The van der Waals surface area contributed by atoms with Gasteiger partial charge in [-0.2, -0.15) is 0 Å². The summed E-state index contributed by atoms with van der Waals surface area (Å²) in [5.41, 5.74) is 6.33. The van der Waals surface area contributed by atoms with Gasteiger partial charge in [0.1, 0.15) is 0 Å². The fourth-order valence-corrected chi connectivity index (χ4v) is 3.08. The van der Waals surface area contributed by atoms with E-state index in [9.17, 15) is 10.1 Å². The van der Waals surface area contributed by atoms with E-state index >= 15 is 0 Å². The van der Waals surface area contributed by atoms with Gasteiger partial charge in [-0.3, -0.25) is 14.7 Å². The van der Waals surface area contributed by atoms with Crippen molar-refractivity contribution in [2.45, 2.75) is 30.8 Å². The molecule has 21 heavy (non-hydrogen) atoms. The Kier molecular flexibility index (Phi) is 4.69. The van der Waals surface area contributed by atoms with Gasteiger partial charge in [-0.05, 0) is 26.0 Å². The van der Waals surface area contributed by atoms with E-state index in [1.807, 2.05) is 13.8 Å². The molecule has 112 valence electrons. The molecule has 0 aliphatic carbocycles. The lowest BCUT2D eigenvalue weighted by atomic mass is 10.2. The fourth-order valence-electron chi connectivity index (χ4n) is 1.84. The molecule has 0 saturated heterocycles. The maximum atomic E-state index is 11.0. The quantitative estimate of drug-likeness (QED) is 0.514. The van der Waals surface area contributed by atoms with Crippen molar-refractivity contribution in [2.24, 2.45) is 0 Å². The van der Waals surface area contributed by atoms with Gasteiger partial charge < -0.3 is 5.73 Å². The molecule has 0 aliphatic heterocycles. The molecule has 1 heterocycles. The predicted molar refractivity (Wildman–Crippen MR) is 82.5 cm³/mol. The number of rotatable bonds is 5.